The number of urea groups is 1. The van der Waals surface area contributed by atoms with Crippen molar-refractivity contribution in [3.05, 3.63) is 78.0 Å². The van der Waals surface area contributed by atoms with Gasteiger partial charge in [0.25, 0.3) is 0 Å². The first-order valence-corrected chi connectivity index (χ1v) is 12.5. The number of aromatic nitrogens is 2. The molecule has 36 heavy (non-hydrogen) atoms. The molecule has 4 rings (SSSR count). The van der Waals surface area contributed by atoms with Crippen LogP contribution >= 0.6 is 0 Å². The van der Waals surface area contributed by atoms with Crippen molar-refractivity contribution in [2.45, 2.75) is 53.4 Å². The molecule has 0 aliphatic rings. The number of anilines is 2. The van der Waals surface area contributed by atoms with E-state index in [9.17, 15) is 4.79 Å². The Morgan fingerprint density at radius 1 is 0.972 bits per heavy atom. The Morgan fingerprint density at radius 2 is 1.67 bits per heavy atom. The molecule has 2 N–H and O–H groups in total. The molecule has 0 bridgehead atoms. The fraction of sp³-hybridized carbons (Fsp3) is 0.333. The standard InChI is InChI=1S/C30H36N4O2/c1-20(2)17-18-36-26-16-15-25(23-9-7-8-10-24(23)26)31-29(35)32-28-19-27(30(4,5)6)33-34(28)22-13-11-21(3)12-14-22/h7-16,19-20H,17-18H2,1-6H3,(H2,31,32,35). The van der Waals surface area contributed by atoms with Crippen LogP contribution < -0.4 is 15.4 Å². The van der Waals surface area contributed by atoms with E-state index in [0.29, 0.717) is 18.3 Å². The zero-order valence-electron chi connectivity index (χ0n) is 22.1. The number of carbonyl (C=O) groups excluding carboxylic acids is 1. The number of nitrogens with one attached hydrogen (secondary N) is 2. The number of fused-ring (bicyclic) bond motifs is 1. The Bertz CT molecular complexity index is 1350. The normalized spacial score (nSPS) is 11.6. The predicted molar refractivity (Wildman–Crippen MR) is 149 cm³/mol. The van der Waals surface area contributed by atoms with Crippen LogP contribution in [0.5, 0.6) is 5.75 Å². The number of rotatable bonds is 7. The summed E-state index contributed by atoms with van der Waals surface area (Å²) in [5.74, 6) is 2.01. The van der Waals surface area contributed by atoms with Crippen LogP contribution in [0.3, 0.4) is 0 Å². The highest BCUT2D eigenvalue weighted by atomic mass is 16.5. The molecular weight excluding hydrogens is 448 g/mol. The van der Waals surface area contributed by atoms with Gasteiger partial charge in [-0.25, -0.2) is 9.48 Å². The number of ether oxygens (including phenoxy) is 1. The van der Waals surface area contributed by atoms with Crippen molar-refractivity contribution < 1.29 is 9.53 Å². The number of aryl methyl sites for hydroxylation is 1. The molecule has 0 radical (unpaired) electrons. The highest BCUT2D eigenvalue weighted by Gasteiger charge is 2.22. The lowest BCUT2D eigenvalue weighted by atomic mass is 9.92. The average molecular weight is 485 g/mol. The second-order valence-corrected chi connectivity index (χ2v) is 10.7. The molecule has 0 atom stereocenters. The fourth-order valence-electron chi connectivity index (χ4n) is 3.90. The van der Waals surface area contributed by atoms with Crippen molar-refractivity contribution in [2.24, 2.45) is 5.92 Å². The summed E-state index contributed by atoms with van der Waals surface area (Å²) in [6.45, 7) is 13.4. The third kappa shape index (κ3) is 5.88. The molecule has 1 heterocycles. The predicted octanol–water partition coefficient (Wildman–Crippen LogP) is 7.70. The van der Waals surface area contributed by atoms with Crippen molar-refractivity contribution in [1.29, 1.82) is 0 Å². The molecule has 0 fully saturated rings. The van der Waals surface area contributed by atoms with Gasteiger partial charge >= 0.3 is 6.03 Å². The minimum Gasteiger partial charge on any atom is -0.493 e. The number of benzene rings is 3. The van der Waals surface area contributed by atoms with Gasteiger partial charge in [0.1, 0.15) is 11.6 Å². The number of amides is 2. The molecule has 2 amide bonds. The maximum atomic E-state index is 13.2. The van der Waals surface area contributed by atoms with E-state index >= 15 is 0 Å². The summed E-state index contributed by atoms with van der Waals surface area (Å²) in [6, 6.07) is 21.5. The van der Waals surface area contributed by atoms with Gasteiger partial charge in [-0.2, -0.15) is 5.10 Å². The molecule has 0 aliphatic heterocycles. The van der Waals surface area contributed by atoms with E-state index in [2.05, 4.69) is 45.3 Å². The summed E-state index contributed by atoms with van der Waals surface area (Å²) < 4.78 is 7.83. The minimum absolute atomic E-state index is 0.162. The van der Waals surface area contributed by atoms with Crippen LogP contribution in [0.2, 0.25) is 0 Å². The van der Waals surface area contributed by atoms with E-state index in [4.69, 9.17) is 9.84 Å². The summed E-state index contributed by atoms with van der Waals surface area (Å²) in [5, 5.41) is 12.7. The summed E-state index contributed by atoms with van der Waals surface area (Å²) in [6.07, 6.45) is 0.988. The molecule has 188 valence electrons. The second kappa shape index (κ2) is 10.4. The van der Waals surface area contributed by atoms with Gasteiger partial charge in [0.05, 0.1) is 23.7 Å². The van der Waals surface area contributed by atoms with Gasteiger partial charge in [0.2, 0.25) is 0 Å². The van der Waals surface area contributed by atoms with Crippen molar-refractivity contribution in [1.82, 2.24) is 9.78 Å². The number of hydrogen-bond acceptors (Lipinski definition) is 3. The van der Waals surface area contributed by atoms with E-state index < -0.39 is 0 Å². The van der Waals surface area contributed by atoms with Gasteiger partial charge < -0.3 is 10.1 Å². The number of carbonyl (C=O) groups is 1. The molecule has 6 nitrogen and oxygen atoms in total. The van der Waals surface area contributed by atoms with Crippen LogP contribution in [0.25, 0.3) is 16.5 Å². The van der Waals surface area contributed by atoms with Crippen LogP contribution in [0, 0.1) is 12.8 Å². The first-order valence-electron chi connectivity index (χ1n) is 12.5. The quantitative estimate of drug-likeness (QED) is 0.282. The Kier molecular flexibility index (Phi) is 7.34. The fourth-order valence-corrected chi connectivity index (χ4v) is 3.90. The zero-order valence-corrected chi connectivity index (χ0v) is 22.1. The first kappa shape index (κ1) is 25.3. The largest absolute Gasteiger partial charge is 0.493 e. The van der Waals surface area contributed by atoms with Gasteiger partial charge in [-0.1, -0.05) is 76.6 Å². The lowest BCUT2D eigenvalue weighted by molar-refractivity contribution is 0.262. The number of hydrogen-bond donors (Lipinski definition) is 2. The Labute approximate surface area is 213 Å². The smallest absolute Gasteiger partial charge is 0.324 e. The first-order chi connectivity index (χ1) is 17.1. The highest BCUT2D eigenvalue weighted by Crippen LogP contribution is 2.32. The van der Waals surface area contributed by atoms with E-state index in [1.54, 1.807) is 4.68 Å². The second-order valence-electron chi connectivity index (χ2n) is 10.7. The SMILES string of the molecule is Cc1ccc(-n2nc(C(C)(C)C)cc2NC(=O)Nc2ccc(OCCC(C)C)c3ccccc23)cc1. The van der Waals surface area contributed by atoms with Crippen molar-refractivity contribution in [3.63, 3.8) is 0 Å². The molecule has 0 saturated heterocycles. The molecule has 4 aromatic rings. The van der Waals surface area contributed by atoms with Gasteiger partial charge in [0, 0.05) is 22.3 Å². The maximum Gasteiger partial charge on any atom is 0.324 e. The van der Waals surface area contributed by atoms with Crippen LogP contribution in [0.1, 0.15) is 52.3 Å². The van der Waals surface area contributed by atoms with Crippen molar-refractivity contribution >= 4 is 28.3 Å². The highest BCUT2D eigenvalue weighted by molar-refractivity contribution is 6.07. The van der Waals surface area contributed by atoms with Crippen LogP contribution in [0.15, 0.2) is 66.7 Å². The van der Waals surface area contributed by atoms with E-state index in [1.165, 1.54) is 0 Å². The van der Waals surface area contributed by atoms with Gasteiger partial charge in [-0.15, -0.1) is 0 Å². The monoisotopic (exact) mass is 484 g/mol. The Balaban J connectivity index is 1.59. The molecule has 6 heteroatoms. The maximum absolute atomic E-state index is 13.2. The van der Waals surface area contributed by atoms with E-state index in [-0.39, 0.29) is 11.4 Å². The molecular formula is C30H36N4O2. The summed E-state index contributed by atoms with van der Waals surface area (Å²) in [7, 11) is 0. The lowest BCUT2D eigenvalue weighted by Crippen LogP contribution is -2.21. The molecule has 1 aromatic heterocycles. The van der Waals surface area contributed by atoms with Gasteiger partial charge in [-0.3, -0.25) is 5.32 Å². The van der Waals surface area contributed by atoms with Gasteiger partial charge in [-0.05, 0) is 43.5 Å². The third-order valence-electron chi connectivity index (χ3n) is 6.08. The molecule has 0 aliphatic carbocycles. The molecule has 0 unspecified atom stereocenters. The van der Waals surface area contributed by atoms with Crippen LogP contribution in [-0.4, -0.2) is 22.4 Å². The summed E-state index contributed by atoms with van der Waals surface area (Å²) in [5.41, 5.74) is 3.51. The molecule has 3 aromatic carbocycles. The minimum atomic E-state index is -0.331. The summed E-state index contributed by atoms with van der Waals surface area (Å²) in [4.78, 5) is 13.2. The van der Waals surface area contributed by atoms with Crippen molar-refractivity contribution in [2.75, 3.05) is 17.2 Å². The summed E-state index contributed by atoms with van der Waals surface area (Å²) >= 11 is 0. The van der Waals surface area contributed by atoms with E-state index in [0.717, 1.165) is 45.6 Å². The molecule has 0 spiro atoms. The van der Waals surface area contributed by atoms with Crippen LogP contribution in [0.4, 0.5) is 16.3 Å². The Hall–Kier alpha value is -3.80. The zero-order chi connectivity index (χ0) is 25.9. The molecule has 0 saturated carbocycles. The van der Waals surface area contributed by atoms with Gasteiger partial charge in [0.15, 0.2) is 0 Å². The van der Waals surface area contributed by atoms with E-state index in [1.807, 2.05) is 73.7 Å². The topological polar surface area (TPSA) is 68.2 Å². The van der Waals surface area contributed by atoms with Crippen molar-refractivity contribution in [3.8, 4) is 11.4 Å². The number of nitrogens with zero attached hydrogens (tertiary/aromatic N) is 2. The van der Waals surface area contributed by atoms with Crippen LogP contribution in [-0.2, 0) is 5.41 Å². The third-order valence-corrected chi connectivity index (χ3v) is 6.08. The average Bonchev–Trinajstić information content (AvgIpc) is 3.25. The Morgan fingerprint density at radius 3 is 2.33 bits per heavy atom. The lowest BCUT2D eigenvalue weighted by Gasteiger charge is -2.15.